The van der Waals surface area contributed by atoms with Crippen molar-refractivity contribution in [3.8, 4) is 5.75 Å². The first-order valence-electron chi connectivity index (χ1n) is 9.10. The van der Waals surface area contributed by atoms with Gasteiger partial charge in [0.15, 0.2) is 6.10 Å². The highest BCUT2D eigenvalue weighted by atomic mass is 16.6. The number of carbonyl (C=O) groups is 1. The summed E-state index contributed by atoms with van der Waals surface area (Å²) >= 11 is 0. The molecule has 7 nitrogen and oxygen atoms in total. The average Bonchev–Trinajstić information content (AvgIpc) is 2.73. The van der Waals surface area contributed by atoms with Gasteiger partial charge in [-0.3, -0.25) is 0 Å². The van der Waals surface area contributed by atoms with Crippen LogP contribution in [0.4, 0.5) is 0 Å². The van der Waals surface area contributed by atoms with Gasteiger partial charge in [-0.25, -0.2) is 4.79 Å². The Labute approximate surface area is 163 Å². The molecule has 0 aliphatic carbocycles. The van der Waals surface area contributed by atoms with Crippen LogP contribution in [0.25, 0.3) is 0 Å². The standard InChI is InChI=1S/C21H24O7/c1-13-18(23)19(24)20(17(11-22)27-13)28-21(25)15-7-9-16(10-8-15)26-12-14-5-3-2-4-6-14/h2-10,13,17-20,22-24H,11-12H2,1H3/t13?,17-,18+,19-,20-/m1/s1. The lowest BCUT2D eigenvalue weighted by Crippen LogP contribution is -2.59. The van der Waals surface area contributed by atoms with Crippen LogP contribution in [0.5, 0.6) is 5.75 Å². The molecule has 28 heavy (non-hydrogen) atoms. The van der Waals surface area contributed by atoms with Gasteiger partial charge in [-0.2, -0.15) is 0 Å². The SMILES string of the molecule is CC1O[C@H](CO)[C@@H](OC(=O)c2ccc(OCc3ccccc3)cc2)[C@H](O)[C@H]1O. The zero-order valence-corrected chi connectivity index (χ0v) is 15.5. The van der Waals surface area contributed by atoms with Gasteiger partial charge in [-0.15, -0.1) is 0 Å². The number of aliphatic hydroxyl groups excluding tert-OH is 3. The fourth-order valence-corrected chi connectivity index (χ4v) is 3.04. The van der Waals surface area contributed by atoms with E-state index in [0.717, 1.165) is 5.56 Å². The highest BCUT2D eigenvalue weighted by Crippen LogP contribution is 2.24. The molecule has 0 spiro atoms. The molecule has 0 aromatic heterocycles. The third kappa shape index (κ3) is 4.69. The van der Waals surface area contributed by atoms with E-state index in [0.29, 0.717) is 12.4 Å². The Hall–Kier alpha value is -2.45. The molecule has 3 rings (SSSR count). The van der Waals surface area contributed by atoms with E-state index in [9.17, 15) is 20.1 Å². The molecule has 1 fully saturated rings. The van der Waals surface area contributed by atoms with Gasteiger partial charge in [0, 0.05) is 0 Å². The molecule has 2 aromatic carbocycles. The van der Waals surface area contributed by atoms with E-state index in [4.69, 9.17) is 14.2 Å². The zero-order valence-electron chi connectivity index (χ0n) is 15.5. The predicted molar refractivity (Wildman–Crippen MR) is 99.9 cm³/mol. The third-order valence-electron chi connectivity index (χ3n) is 4.68. The van der Waals surface area contributed by atoms with Crippen molar-refractivity contribution in [1.82, 2.24) is 0 Å². The molecule has 1 aliphatic rings. The Morgan fingerprint density at radius 2 is 1.71 bits per heavy atom. The van der Waals surface area contributed by atoms with Crippen molar-refractivity contribution in [2.45, 2.75) is 44.1 Å². The van der Waals surface area contributed by atoms with Crippen molar-refractivity contribution < 1.29 is 34.3 Å². The van der Waals surface area contributed by atoms with Crippen LogP contribution in [-0.4, -0.2) is 58.4 Å². The number of hydrogen-bond acceptors (Lipinski definition) is 7. The van der Waals surface area contributed by atoms with Crippen molar-refractivity contribution in [2.75, 3.05) is 6.61 Å². The minimum Gasteiger partial charge on any atom is -0.489 e. The van der Waals surface area contributed by atoms with Crippen molar-refractivity contribution >= 4 is 5.97 Å². The third-order valence-corrected chi connectivity index (χ3v) is 4.68. The second kappa shape index (κ2) is 9.16. The molecule has 3 N–H and O–H groups in total. The number of hydrogen-bond donors (Lipinski definition) is 3. The van der Waals surface area contributed by atoms with E-state index < -0.39 is 43.1 Å². The van der Waals surface area contributed by atoms with Crippen molar-refractivity contribution in [3.63, 3.8) is 0 Å². The van der Waals surface area contributed by atoms with Gasteiger partial charge in [-0.1, -0.05) is 30.3 Å². The quantitative estimate of drug-likeness (QED) is 0.641. The first-order chi connectivity index (χ1) is 13.5. The largest absolute Gasteiger partial charge is 0.489 e. The molecule has 2 aromatic rings. The monoisotopic (exact) mass is 388 g/mol. The Balaban J connectivity index is 1.61. The summed E-state index contributed by atoms with van der Waals surface area (Å²) in [5.74, 6) is -0.0959. The summed E-state index contributed by atoms with van der Waals surface area (Å²) in [6.07, 6.45) is -5.32. The molecular formula is C21H24O7. The van der Waals surface area contributed by atoms with E-state index in [1.54, 1.807) is 31.2 Å². The summed E-state index contributed by atoms with van der Waals surface area (Å²) in [7, 11) is 0. The lowest BCUT2D eigenvalue weighted by atomic mass is 9.95. The highest BCUT2D eigenvalue weighted by Gasteiger charge is 2.44. The summed E-state index contributed by atoms with van der Waals surface area (Å²) in [4.78, 5) is 12.4. The summed E-state index contributed by atoms with van der Waals surface area (Å²) < 4.78 is 16.4. The van der Waals surface area contributed by atoms with Crippen molar-refractivity contribution in [2.24, 2.45) is 0 Å². The highest BCUT2D eigenvalue weighted by molar-refractivity contribution is 5.89. The Bertz CT molecular complexity index is 760. The first kappa shape index (κ1) is 20.3. The molecule has 0 amide bonds. The summed E-state index contributed by atoms with van der Waals surface area (Å²) in [6.45, 7) is 1.53. The number of esters is 1. The number of carbonyl (C=O) groups excluding carboxylic acids is 1. The maximum atomic E-state index is 12.4. The van der Waals surface area contributed by atoms with E-state index in [1.807, 2.05) is 30.3 Å². The molecule has 5 atom stereocenters. The molecule has 1 saturated heterocycles. The summed E-state index contributed by atoms with van der Waals surface area (Å²) in [5.41, 5.74) is 1.28. The van der Waals surface area contributed by atoms with Crippen LogP contribution in [0, 0.1) is 0 Å². The lowest BCUT2D eigenvalue weighted by molar-refractivity contribution is -0.224. The van der Waals surface area contributed by atoms with E-state index in [2.05, 4.69) is 0 Å². The first-order valence-corrected chi connectivity index (χ1v) is 9.10. The van der Waals surface area contributed by atoms with Crippen LogP contribution in [0.15, 0.2) is 54.6 Å². The van der Waals surface area contributed by atoms with Gasteiger partial charge in [0.25, 0.3) is 0 Å². The minimum absolute atomic E-state index is 0.254. The lowest BCUT2D eigenvalue weighted by Gasteiger charge is -2.40. The van der Waals surface area contributed by atoms with E-state index in [1.165, 1.54) is 0 Å². The summed E-state index contributed by atoms with van der Waals surface area (Å²) in [5, 5.41) is 29.6. The minimum atomic E-state index is -1.35. The number of ether oxygens (including phenoxy) is 3. The van der Waals surface area contributed by atoms with Crippen LogP contribution < -0.4 is 4.74 Å². The van der Waals surface area contributed by atoms with Crippen molar-refractivity contribution in [3.05, 3.63) is 65.7 Å². The molecule has 1 unspecified atom stereocenters. The zero-order chi connectivity index (χ0) is 20.1. The number of aliphatic hydroxyl groups is 3. The fraction of sp³-hybridized carbons (Fsp3) is 0.381. The van der Waals surface area contributed by atoms with Gasteiger partial charge >= 0.3 is 5.97 Å². The smallest absolute Gasteiger partial charge is 0.338 e. The second-order valence-corrected chi connectivity index (χ2v) is 6.71. The van der Waals surface area contributed by atoms with Crippen LogP contribution in [-0.2, 0) is 16.1 Å². The summed E-state index contributed by atoms with van der Waals surface area (Å²) in [6, 6.07) is 16.1. The Morgan fingerprint density at radius 3 is 2.36 bits per heavy atom. The Kier molecular flexibility index (Phi) is 6.64. The maximum Gasteiger partial charge on any atom is 0.338 e. The molecule has 1 heterocycles. The molecule has 0 saturated carbocycles. The van der Waals surface area contributed by atoms with Crippen LogP contribution in [0.1, 0.15) is 22.8 Å². The van der Waals surface area contributed by atoms with Gasteiger partial charge in [0.05, 0.1) is 18.3 Å². The molecule has 0 radical (unpaired) electrons. The van der Waals surface area contributed by atoms with Crippen LogP contribution in [0.2, 0.25) is 0 Å². The predicted octanol–water partition coefficient (Wildman–Crippen LogP) is 1.29. The van der Waals surface area contributed by atoms with Crippen molar-refractivity contribution in [1.29, 1.82) is 0 Å². The van der Waals surface area contributed by atoms with Gasteiger partial charge in [0.2, 0.25) is 0 Å². The molecule has 0 bridgehead atoms. The van der Waals surface area contributed by atoms with E-state index >= 15 is 0 Å². The molecule has 150 valence electrons. The average molecular weight is 388 g/mol. The van der Waals surface area contributed by atoms with Crippen LogP contribution in [0.3, 0.4) is 0 Å². The fourth-order valence-electron chi connectivity index (χ4n) is 3.04. The maximum absolute atomic E-state index is 12.4. The van der Waals surface area contributed by atoms with E-state index in [-0.39, 0.29) is 5.56 Å². The molecule has 1 aliphatic heterocycles. The molecular weight excluding hydrogens is 364 g/mol. The van der Waals surface area contributed by atoms with Crippen LogP contribution >= 0.6 is 0 Å². The normalized spacial score (nSPS) is 27.2. The topological polar surface area (TPSA) is 105 Å². The Morgan fingerprint density at radius 1 is 1.04 bits per heavy atom. The molecule has 7 heteroatoms. The van der Waals surface area contributed by atoms with Gasteiger partial charge in [-0.05, 0) is 36.8 Å². The number of rotatable bonds is 6. The second-order valence-electron chi connectivity index (χ2n) is 6.71. The van der Waals surface area contributed by atoms with Gasteiger partial charge in [0.1, 0.15) is 30.7 Å². The number of benzene rings is 2. The van der Waals surface area contributed by atoms with Gasteiger partial charge < -0.3 is 29.5 Å².